The summed E-state index contributed by atoms with van der Waals surface area (Å²) in [6.07, 6.45) is 21.8. The molecule has 0 aliphatic heterocycles. The van der Waals surface area contributed by atoms with Crippen molar-refractivity contribution in [3.8, 4) is 0 Å². The van der Waals surface area contributed by atoms with E-state index in [1.165, 1.54) is 44.9 Å². The van der Waals surface area contributed by atoms with Gasteiger partial charge in [0.15, 0.2) is 0 Å². The average molecular weight is 325 g/mol. The molecule has 0 heterocycles. The second kappa shape index (κ2) is 17.3. The Balaban J connectivity index is 3.26. The SMILES string of the molecule is CCCCC/C=C\C/C=C\CCCCCCC[C@@H](O)CC(=O)O. The van der Waals surface area contributed by atoms with E-state index in [0.717, 1.165) is 25.7 Å². The molecule has 0 fully saturated rings. The predicted molar refractivity (Wildman–Crippen MR) is 97.6 cm³/mol. The number of hydrogen-bond acceptors (Lipinski definition) is 2. The Morgan fingerprint density at radius 1 is 0.870 bits per heavy atom. The summed E-state index contributed by atoms with van der Waals surface area (Å²) in [6, 6.07) is 0. The predicted octanol–water partition coefficient (Wildman–Crippen LogP) is 5.64. The van der Waals surface area contributed by atoms with Gasteiger partial charge in [0.05, 0.1) is 12.5 Å². The smallest absolute Gasteiger partial charge is 0.305 e. The first-order valence-corrected chi connectivity index (χ1v) is 9.36. The lowest BCUT2D eigenvalue weighted by Gasteiger charge is -2.06. The molecule has 3 nitrogen and oxygen atoms in total. The minimum atomic E-state index is -0.917. The second-order valence-electron chi connectivity index (χ2n) is 6.27. The number of carbonyl (C=O) groups is 1. The Labute approximate surface area is 142 Å². The van der Waals surface area contributed by atoms with Crippen LogP contribution in [0.15, 0.2) is 24.3 Å². The van der Waals surface area contributed by atoms with Crippen LogP contribution < -0.4 is 0 Å². The van der Waals surface area contributed by atoms with E-state index in [0.29, 0.717) is 6.42 Å². The van der Waals surface area contributed by atoms with E-state index in [2.05, 4.69) is 31.2 Å². The molecule has 3 heteroatoms. The maximum Gasteiger partial charge on any atom is 0.305 e. The highest BCUT2D eigenvalue weighted by Crippen LogP contribution is 2.10. The van der Waals surface area contributed by atoms with Crippen molar-refractivity contribution in [1.82, 2.24) is 0 Å². The van der Waals surface area contributed by atoms with Crippen molar-refractivity contribution in [3.05, 3.63) is 24.3 Å². The molecule has 2 N–H and O–H groups in total. The van der Waals surface area contributed by atoms with E-state index >= 15 is 0 Å². The van der Waals surface area contributed by atoms with Gasteiger partial charge < -0.3 is 10.2 Å². The lowest BCUT2D eigenvalue weighted by molar-refractivity contribution is -0.139. The number of hydrogen-bond donors (Lipinski definition) is 2. The number of carboxylic acid groups (broad SMARTS) is 1. The molecule has 0 aromatic rings. The van der Waals surface area contributed by atoms with Crippen LogP contribution in [-0.2, 0) is 4.79 Å². The zero-order valence-electron chi connectivity index (χ0n) is 14.9. The highest BCUT2D eigenvalue weighted by atomic mass is 16.4. The molecule has 0 aliphatic carbocycles. The lowest BCUT2D eigenvalue weighted by Crippen LogP contribution is -2.12. The normalized spacial score (nSPS) is 13.1. The third-order valence-corrected chi connectivity index (χ3v) is 3.90. The molecule has 0 unspecified atom stereocenters. The number of unbranched alkanes of at least 4 members (excludes halogenated alkanes) is 8. The summed E-state index contributed by atoms with van der Waals surface area (Å²) in [5.41, 5.74) is 0. The highest BCUT2D eigenvalue weighted by Gasteiger charge is 2.08. The molecule has 0 aliphatic rings. The van der Waals surface area contributed by atoms with Gasteiger partial charge in [-0.1, -0.05) is 69.8 Å². The maximum atomic E-state index is 10.4. The van der Waals surface area contributed by atoms with E-state index < -0.39 is 12.1 Å². The Kier molecular flexibility index (Phi) is 16.4. The Morgan fingerprint density at radius 2 is 1.43 bits per heavy atom. The number of rotatable bonds is 16. The molecular weight excluding hydrogens is 288 g/mol. The first-order valence-electron chi connectivity index (χ1n) is 9.36. The zero-order valence-corrected chi connectivity index (χ0v) is 14.9. The summed E-state index contributed by atoms with van der Waals surface area (Å²) in [7, 11) is 0. The van der Waals surface area contributed by atoms with Gasteiger partial charge in [-0.2, -0.15) is 0 Å². The summed E-state index contributed by atoms with van der Waals surface area (Å²) in [5, 5.41) is 18.0. The average Bonchev–Trinajstić information content (AvgIpc) is 2.50. The van der Waals surface area contributed by atoms with Crippen molar-refractivity contribution >= 4 is 5.97 Å². The Morgan fingerprint density at radius 3 is 2.04 bits per heavy atom. The van der Waals surface area contributed by atoms with Crippen molar-refractivity contribution in [3.63, 3.8) is 0 Å². The van der Waals surface area contributed by atoms with Gasteiger partial charge >= 0.3 is 5.97 Å². The van der Waals surface area contributed by atoms with Crippen molar-refractivity contribution in [2.75, 3.05) is 0 Å². The van der Waals surface area contributed by atoms with Gasteiger partial charge in [0.1, 0.15) is 0 Å². The van der Waals surface area contributed by atoms with E-state index in [1.54, 1.807) is 0 Å². The molecule has 1 atom stereocenters. The molecule has 0 rings (SSSR count). The fraction of sp³-hybridized carbons (Fsp3) is 0.750. The van der Waals surface area contributed by atoms with E-state index in [-0.39, 0.29) is 6.42 Å². The van der Waals surface area contributed by atoms with Crippen LogP contribution in [0.2, 0.25) is 0 Å². The minimum absolute atomic E-state index is 0.127. The molecule has 0 aromatic heterocycles. The summed E-state index contributed by atoms with van der Waals surface area (Å²) in [4.78, 5) is 10.4. The van der Waals surface area contributed by atoms with Crippen LogP contribution in [0.3, 0.4) is 0 Å². The van der Waals surface area contributed by atoms with Gasteiger partial charge in [0.25, 0.3) is 0 Å². The number of carboxylic acids is 1. The Hall–Kier alpha value is -1.09. The quantitative estimate of drug-likeness (QED) is 0.285. The number of aliphatic carboxylic acids is 1. The van der Waals surface area contributed by atoms with Crippen LogP contribution in [0.1, 0.15) is 90.4 Å². The van der Waals surface area contributed by atoms with Crippen LogP contribution in [-0.4, -0.2) is 22.3 Å². The van der Waals surface area contributed by atoms with Gasteiger partial charge in [0, 0.05) is 0 Å². The van der Waals surface area contributed by atoms with Gasteiger partial charge in [-0.3, -0.25) is 4.79 Å². The second-order valence-corrected chi connectivity index (χ2v) is 6.27. The summed E-state index contributed by atoms with van der Waals surface area (Å²) >= 11 is 0. The molecular formula is C20H36O3. The lowest BCUT2D eigenvalue weighted by atomic mass is 10.1. The molecule has 23 heavy (non-hydrogen) atoms. The van der Waals surface area contributed by atoms with Crippen molar-refractivity contribution < 1.29 is 15.0 Å². The van der Waals surface area contributed by atoms with Crippen molar-refractivity contribution in [2.24, 2.45) is 0 Å². The van der Waals surface area contributed by atoms with Crippen LogP contribution in [0.4, 0.5) is 0 Å². The topological polar surface area (TPSA) is 57.5 Å². The van der Waals surface area contributed by atoms with E-state index in [9.17, 15) is 9.90 Å². The zero-order chi connectivity index (χ0) is 17.2. The standard InChI is InChI=1S/C20H36O3/c1-2-3-4-5-6-7-8-9-10-11-12-13-14-15-16-17-19(21)18-20(22)23/h6-7,9-10,19,21H,2-5,8,11-18H2,1H3,(H,22,23)/b7-6-,10-9-/t19-/m1/s1. The molecule has 0 radical (unpaired) electrons. The van der Waals surface area contributed by atoms with Crippen LogP contribution >= 0.6 is 0 Å². The first-order chi connectivity index (χ1) is 11.2. The molecule has 0 saturated heterocycles. The van der Waals surface area contributed by atoms with Crippen LogP contribution in [0, 0.1) is 0 Å². The van der Waals surface area contributed by atoms with E-state index in [4.69, 9.17) is 5.11 Å². The van der Waals surface area contributed by atoms with Crippen molar-refractivity contribution in [1.29, 1.82) is 0 Å². The molecule has 0 aromatic carbocycles. The summed E-state index contributed by atoms with van der Waals surface area (Å²) < 4.78 is 0. The largest absolute Gasteiger partial charge is 0.481 e. The first kappa shape index (κ1) is 21.9. The minimum Gasteiger partial charge on any atom is -0.481 e. The number of aliphatic hydroxyl groups is 1. The maximum absolute atomic E-state index is 10.4. The van der Waals surface area contributed by atoms with E-state index in [1.807, 2.05) is 0 Å². The van der Waals surface area contributed by atoms with Gasteiger partial charge in [0.2, 0.25) is 0 Å². The Bertz CT molecular complexity index is 321. The third-order valence-electron chi connectivity index (χ3n) is 3.90. The van der Waals surface area contributed by atoms with Gasteiger partial charge in [-0.05, 0) is 38.5 Å². The highest BCUT2D eigenvalue weighted by molar-refractivity contribution is 5.67. The van der Waals surface area contributed by atoms with Gasteiger partial charge in [-0.25, -0.2) is 0 Å². The summed E-state index contributed by atoms with van der Waals surface area (Å²) in [6.45, 7) is 2.23. The molecule has 134 valence electrons. The summed E-state index contributed by atoms with van der Waals surface area (Å²) in [5.74, 6) is -0.917. The fourth-order valence-corrected chi connectivity index (χ4v) is 2.50. The van der Waals surface area contributed by atoms with Crippen LogP contribution in [0.5, 0.6) is 0 Å². The van der Waals surface area contributed by atoms with Crippen molar-refractivity contribution in [2.45, 2.75) is 96.5 Å². The molecule has 0 saturated carbocycles. The molecule has 0 bridgehead atoms. The molecule has 0 spiro atoms. The van der Waals surface area contributed by atoms with Gasteiger partial charge in [-0.15, -0.1) is 0 Å². The van der Waals surface area contributed by atoms with Crippen LogP contribution in [0.25, 0.3) is 0 Å². The molecule has 0 amide bonds. The number of aliphatic hydroxyl groups excluding tert-OH is 1. The monoisotopic (exact) mass is 324 g/mol. The number of allylic oxidation sites excluding steroid dienone is 4. The fourth-order valence-electron chi connectivity index (χ4n) is 2.50. The third kappa shape index (κ3) is 18.9.